The van der Waals surface area contributed by atoms with Crippen LogP contribution in [0.5, 0.6) is 11.5 Å². The SMILES string of the molecule is O=C1C=C[C@H](O)C23OC12C1(Oc2cccc4cccc(c24)O1)[C@@H]1O[C@@H]1[C@@H]3O. The monoisotopic (exact) mass is 366 g/mol. The number of benzene rings is 2. The van der Waals surface area contributed by atoms with Gasteiger partial charge in [-0.15, -0.1) is 0 Å². The second-order valence-corrected chi connectivity index (χ2v) is 7.69. The van der Waals surface area contributed by atoms with Crippen LogP contribution in [-0.4, -0.2) is 57.4 Å². The molecular weight excluding hydrogens is 352 g/mol. The molecule has 2 N–H and O–H groups in total. The Hall–Kier alpha value is -2.45. The van der Waals surface area contributed by atoms with Crippen LogP contribution in [0, 0.1) is 0 Å². The van der Waals surface area contributed by atoms with E-state index in [2.05, 4.69) is 0 Å². The van der Waals surface area contributed by atoms with Crippen molar-refractivity contribution in [2.45, 2.75) is 41.4 Å². The van der Waals surface area contributed by atoms with E-state index >= 15 is 0 Å². The van der Waals surface area contributed by atoms with Gasteiger partial charge in [0.25, 0.3) is 0 Å². The summed E-state index contributed by atoms with van der Waals surface area (Å²) in [5.41, 5.74) is -3.20. The summed E-state index contributed by atoms with van der Waals surface area (Å²) in [6.45, 7) is 0. The van der Waals surface area contributed by atoms with Crippen molar-refractivity contribution in [2.75, 3.05) is 0 Å². The fourth-order valence-corrected chi connectivity index (χ4v) is 5.30. The van der Waals surface area contributed by atoms with E-state index < -0.39 is 47.2 Å². The number of carbonyl (C=O) groups is 1. The van der Waals surface area contributed by atoms with Crippen LogP contribution >= 0.6 is 0 Å². The number of hydrogen-bond donors (Lipinski definition) is 2. The van der Waals surface area contributed by atoms with Crippen LogP contribution in [0.15, 0.2) is 48.6 Å². The van der Waals surface area contributed by atoms with Gasteiger partial charge in [-0.3, -0.25) is 4.79 Å². The molecule has 0 bridgehead atoms. The first-order valence-corrected chi connectivity index (χ1v) is 8.89. The summed E-state index contributed by atoms with van der Waals surface area (Å²) >= 11 is 0. The summed E-state index contributed by atoms with van der Waals surface area (Å²) in [7, 11) is 0. The molecule has 2 aromatic rings. The molecule has 2 aromatic carbocycles. The molecule has 3 aliphatic heterocycles. The zero-order chi connectivity index (χ0) is 18.2. The fourth-order valence-electron chi connectivity index (χ4n) is 5.30. The fraction of sp³-hybridized carbons (Fsp3) is 0.350. The molecule has 3 heterocycles. The Bertz CT molecular complexity index is 1050. The number of ether oxygens (including phenoxy) is 4. The predicted octanol–water partition coefficient (Wildman–Crippen LogP) is 0.457. The average molecular weight is 366 g/mol. The number of ketones is 1. The van der Waals surface area contributed by atoms with E-state index in [1.165, 1.54) is 12.2 Å². The molecular formula is C20H14O7. The molecule has 1 spiro atoms. The molecule has 2 saturated heterocycles. The van der Waals surface area contributed by atoms with Crippen LogP contribution in [0.2, 0.25) is 0 Å². The van der Waals surface area contributed by atoms with Gasteiger partial charge in [-0.1, -0.05) is 24.3 Å². The molecule has 0 amide bonds. The van der Waals surface area contributed by atoms with Gasteiger partial charge in [-0.05, 0) is 29.7 Å². The van der Waals surface area contributed by atoms with Gasteiger partial charge in [0.05, 0.1) is 5.39 Å². The first-order valence-electron chi connectivity index (χ1n) is 8.89. The van der Waals surface area contributed by atoms with Crippen LogP contribution in [-0.2, 0) is 14.3 Å². The molecule has 3 fully saturated rings. The van der Waals surface area contributed by atoms with Gasteiger partial charge in [0.15, 0.2) is 17.5 Å². The zero-order valence-corrected chi connectivity index (χ0v) is 13.9. The molecule has 7 nitrogen and oxygen atoms in total. The zero-order valence-electron chi connectivity index (χ0n) is 13.9. The lowest BCUT2D eigenvalue weighted by Gasteiger charge is -2.45. The molecule has 0 radical (unpaired) electrons. The normalized spacial score (nSPS) is 44.0. The molecule has 6 atom stereocenters. The van der Waals surface area contributed by atoms with Crippen molar-refractivity contribution in [3.05, 3.63) is 48.6 Å². The summed E-state index contributed by atoms with van der Waals surface area (Å²) in [5, 5.41) is 23.1. The Kier molecular flexibility index (Phi) is 2.17. The molecule has 27 heavy (non-hydrogen) atoms. The number of aliphatic hydroxyl groups excluding tert-OH is 2. The third-order valence-corrected chi connectivity index (χ3v) is 6.54. The average Bonchev–Trinajstić information content (AvgIpc) is 3.57. The second-order valence-electron chi connectivity index (χ2n) is 7.69. The van der Waals surface area contributed by atoms with E-state index in [0.29, 0.717) is 11.5 Å². The van der Waals surface area contributed by atoms with Crippen LogP contribution in [0.1, 0.15) is 0 Å². The number of aliphatic hydroxyl groups is 2. The molecule has 5 aliphatic rings. The van der Waals surface area contributed by atoms with Gasteiger partial charge in [0.1, 0.15) is 29.8 Å². The minimum atomic E-state index is -1.67. The third-order valence-electron chi connectivity index (χ3n) is 6.54. The van der Waals surface area contributed by atoms with Crippen molar-refractivity contribution in [3.63, 3.8) is 0 Å². The lowest BCUT2D eigenvalue weighted by Crippen LogP contribution is -2.73. The Labute approximate surface area is 152 Å². The van der Waals surface area contributed by atoms with Gasteiger partial charge >= 0.3 is 5.79 Å². The van der Waals surface area contributed by atoms with Crippen LogP contribution in [0.25, 0.3) is 10.8 Å². The molecule has 7 heteroatoms. The summed E-state index contributed by atoms with van der Waals surface area (Å²) in [6, 6.07) is 11.2. The van der Waals surface area contributed by atoms with E-state index in [9.17, 15) is 15.0 Å². The summed E-state index contributed by atoms with van der Waals surface area (Å²) in [4.78, 5) is 13.0. The first kappa shape index (κ1) is 14.6. The maximum Gasteiger partial charge on any atom is 0.320 e. The minimum Gasteiger partial charge on any atom is -0.446 e. The standard InChI is InChI=1S/C20H14O7/c21-12-7-8-13(22)19-18(12,27-19)16(23)15-17(24-15)20(19)25-10-5-1-3-9-4-2-6-11(26-20)14(9)10/h1-8,12,15-17,21,23H/t12-,15+,16-,17+,18?,19?/m0/s1. The van der Waals surface area contributed by atoms with Gasteiger partial charge in [0.2, 0.25) is 5.60 Å². The largest absolute Gasteiger partial charge is 0.446 e. The van der Waals surface area contributed by atoms with Crippen molar-refractivity contribution >= 4 is 16.6 Å². The maximum absolute atomic E-state index is 13.0. The summed E-state index contributed by atoms with van der Waals surface area (Å²) in [6.07, 6.45) is -1.05. The van der Waals surface area contributed by atoms with Gasteiger partial charge in [-0.25, -0.2) is 0 Å². The topological polar surface area (TPSA) is 101 Å². The first-order chi connectivity index (χ1) is 13.1. The Balaban J connectivity index is 1.50. The molecule has 1 saturated carbocycles. The number of fused-ring (bicyclic) bond motifs is 2. The minimum absolute atomic E-state index is 0.410. The third kappa shape index (κ3) is 1.28. The van der Waals surface area contributed by atoms with E-state index in [0.717, 1.165) is 10.8 Å². The van der Waals surface area contributed by atoms with E-state index in [1.807, 2.05) is 24.3 Å². The lowest BCUT2D eigenvalue weighted by molar-refractivity contribution is -0.191. The van der Waals surface area contributed by atoms with Gasteiger partial charge in [-0.2, -0.15) is 0 Å². The van der Waals surface area contributed by atoms with Crippen LogP contribution in [0.4, 0.5) is 0 Å². The summed E-state index contributed by atoms with van der Waals surface area (Å²) < 4.78 is 24.2. The molecule has 0 aromatic heterocycles. The predicted molar refractivity (Wildman–Crippen MR) is 89.3 cm³/mol. The Morgan fingerprint density at radius 1 is 1.00 bits per heavy atom. The number of hydrogen-bond acceptors (Lipinski definition) is 7. The quantitative estimate of drug-likeness (QED) is 0.653. The van der Waals surface area contributed by atoms with E-state index in [4.69, 9.17) is 18.9 Å². The van der Waals surface area contributed by atoms with Crippen molar-refractivity contribution in [3.8, 4) is 11.5 Å². The molecule has 2 unspecified atom stereocenters. The van der Waals surface area contributed by atoms with E-state index in [-0.39, 0.29) is 0 Å². The van der Waals surface area contributed by atoms with Crippen molar-refractivity contribution < 1.29 is 34.0 Å². The Morgan fingerprint density at radius 2 is 1.70 bits per heavy atom. The molecule has 2 aliphatic carbocycles. The smallest absolute Gasteiger partial charge is 0.320 e. The summed E-state index contributed by atoms with van der Waals surface area (Å²) in [5.74, 6) is -0.916. The number of epoxide rings is 2. The van der Waals surface area contributed by atoms with E-state index in [1.54, 1.807) is 12.1 Å². The highest BCUT2D eigenvalue weighted by Crippen LogP contribution is 2.71. The number of carbonyl (C=O) groups excluding carboxylic acids is 1. The lowest BCUT2D eigenvalue weighted by atomic mass is 9.66. The highest BCUT2D eigenvalue weighted by Gasteiger charge is 2.99. The number of rotatable bonds is 0. The van der Waals surface area contributed by atoms with Crippen molar-refractivity contribution in [1.29, 1.82) is 0 Å². The van der Waals surface area contributed by atoms with Crippen LogP contribution in [0.3, 0.4) is 0 Å². The highest BCUT2D eigenvalue weighted by atomic mass is 16.8. The van der Waals surface area contributed by atoms with Crippen molar-refractivity contribution in [2.24, 2.45) is 0 Å². The highest BCUT2D eigenvalue weighted by molar-refractivity contribution is 6.05. The van der Waals surface area contributed by atoms with Crippen LogP contribution < -0.4 is 9.47 Å². The maximum atomic E-state index is 13.0. The van der Waals surface area contributed by atoms with Gasteiger partial charge < -0.3 is 29.2 Å². The van der Waals surface area contributed by atoms with Crippen molar-refractivity contribution in [1.82, 2.24) is 0 Å². The molecule has 7 rings (SSSR count). The second kappa shape index (κ2) is 4.02. The van der Waals surface area contributed by atoms with Gasteiger partial charge in [0, 0.05) is 0 Å². The molecule has 136 valence electrons. The Morgan fingerprint density at radius 3 is 2.41 bits per heavy atom.